The number of hydrogen-bond acceptors (Lipinski definition) is 4. The maximum atomic E-state index is 12.6. The number of aromatic nitrogens is 3. The van der Waals surface area contributed by atoms with Gasteiger partial charge in [0.25, 0.3) is 5.91 Å². The molecule has 0 bridgehead atoms. The molecule has 3 aromatic heterocycles. The maximum absolute atomic E-state index is 12.6. The minimum Gasteiger partial charge on any atom is -0.335 e. The molecule has 114 valence electrons. The molecule has 4 aromatic rings. The van der Waals surface area contributed by atoms with Crippen molar-refractivity contribution in [2.24, 2.45) is 0 Å². The van der Waals surface area contributed by atoms with Crippen LogP contribution < -0.4 is 0 Å². The summed E-state index contributed by atoms with van der Waals surface area (Å²) in [5.41, 5.74) is 2.45. The van der Waals surface area contributed by atoms with Crippen LogP contribution in [0.15, 0.2) is 55.0 Å². The summed E-state index contributed by atoms with van der Waals surface area (Å²) in [6, 6.07) is 11.7. The Morgan fingerprint density at radius 1 is 1.26 bits per heavy atom. The Balaban J connectivity index is 1.57. The number of fused-ring (bicyclic) bond motifs is 2. The molecule has 0 aliphatic carbocycles. The number of benzene rings is 1. The average molecular weight is 322 g/mol. The Morgan fingerprint density at radius 2 is 2.13 bits per heavy atom. The summed E-state index contributed by atoms with van der Waals surface area (Å²) in [5, 5.41) is 0.936. The van der Waals surface area contributed by atoms with Crippen molar-refractivity contribution in [1.82, 2.24) is 19.3 Å². The first-order chi connectivity index (χ1) is 11.2. The summed E-state index contributed by atoms with van der Waals surface area (Å²) in [6.45, 7) is 0.500. The molecule has 0 aliphatic rings. The quantitative estimate of drug-likeness (QED) is 0.582. The van der Waals surface area contributed by atoms with Crippen LogP contribution in [0.4, 0.5) is 0 Å². The van der Waals surface area contributed by atoms with Crippen LogP contribution in [0.25, 0.3) is 15.9 Å². The summed E-state index contributed by atoms with van der Waals surface area (Å²) in [4.78, 5) is 23.1. The van der Waals surface area contributed by atoms with Gasteiger partial charge in [0.2, 0.25) is 0 Å². The number of hydrogen-bond donors (Lipinski definition) is 0. The van der Waals surface area contributed by atoms with Gasteiger partial charge >= 0.3 is 0 Å². The molecular weight excluding hydrogens is 308 g/mol. The van der Waals surface area contributed by atoms with Crippen molar-refractivity contribution in [1.29, 1.82) is 0 Å². The SMILES string of the molecule is CN(Cc1nc2ccccc2s1)C(=O)c1ccc2nccn2c1. The summed E-state index contributed by atoms with van der Waals surface area (Å²) in [6.07, 6.45) is 5.35. The predicted octanol–water partition coefficient (Wildman–Crippen LogP) is 3.22. The van der Waals surface area contributed by atoms with Crippen LogP contribution in [0, 0.1) is 0 Å². The van der Waals surface area contributed by atoms with Crippen molar-refractivity contribution < 1.29 is 4.79 Å². The van der Waals surface area contributed by atoms with Crippen molar-refractivity contribution in [3.05, 3.63) is 65.6 Å². The minimum atomic E-state index is -0.0279. The Labute approximate surface area is 136 Å². The Morgan fingerprint density at radius 3 is 3.00 bits per heavy atom. The van der Waals surface area contributed by atoms with Crippen molar-refractivity contribution in [2.45, 2.75) is 6.54 Å². The van der Waals surface area contributed by atoms with Crippen LogP contribution in [0.2, 0.25) is 0 Å². The molecular formula is C17H14N4OS. The molecule has 0 spiro atoms. The topological polar surface area (TPSA) is 50.5 Å². The minimum absolute atomic E-state index is 0.0279. The van der Waals surface area contributed by atoms with Gasteiger partial charge in [-0.05, 0) is 24.3 Å². The molecule has 4 rings (SSSR count). The van der Waals surface area contributed by atoms with Gasteiger partial charge in [-0.25, -0.2) is 9.97 Å². The number of carbonyl (C=O) groups excluding carboxylic acids is 1. The van der Waals surface area contributed by atoms with E-state index in [4.69, 9.17) is 0 Å². The van der Waals surface area contributed by atoms with Gasteiger partial charge in [0.1, 0.15) is 10.7 Å². The molecule has 0 N–H and O–H groups in total. The lowest BCUT2D eigenvalue weighted by molar-refractivity contribution is 0.0784. The summed E-state index contributed by atoms with van der Waals surface area (Å²) in [7, 11) is 1.80. The van der Waals surface area contributed by atoms with E-state index in [9.17, 15) is 4.79 Å². The maximum Gasteiger partial charge on any atom is 0.255 e. The second-order valence-electron chi connectivity index (χ2n) is 5.35. The van der Waals surface area contributed by atoms with E-state index in [2.05, 4.69) is 9.97 Å². The van der Waals surface area contributed by atoms with Crippen molar-refractivity contribution in [3.63, 3.8) is 0 Å². The highest BCUT2D eigenvalue weighted by Crippen LogP contribution is 2.22. The molecule has 0 fully saturated rings. The fourth-order valence-corrected chi connectivity index (χ4v) is 3.55. The second kappa shape index (κ2) is 5.48. The van der Waals surface area contributed by atoms with Gasteiger partial charge in [-0.3, -0.25) is 4.79 Å². The van der Waals surface area contributed by atoms with Gasteiger partial charge in [-0.15, -0.1) is 11.3 Å². The van der Waals surface area contributed by atoms with Crippen molar-refractivity contribution in [3.8, 4) is 0 Å². The van der Waals surface area contributed by atoms with Gasteiger partial charge in [0.05, 0.1) is 22.3 Å². The largest absolute Gasteiger partial charge is 0.335 e. The van der Waals surface area contributed by atoms with Gasteiger partial charge in [-0.1, -0.05) is 12.1 Å². The zero-order valence-electron chi connectivity index (χ0n) is 12.5. The van der Waals surface area contributed by atoms with Crippen molar-refractivity contribution in [2.75, 3.05) is 7.05 Å². The van der Waals surface area contributed by atoms with E-state index in [1.165, 1.54) is 0 Å². The molecule has 0 saturated heterocycles. The molecule has 6 heteroatoms. The van der Waals surface area contributed by atoms with E-state index in [1.807, 2.05) is 40.9 Å². The third-order valence-electron chi connectivity index (χ3n) is 3.69. The zero-order valence-corrected chi connectivity index (χ0v) is 13.3. The summed E-state index contributed by atoms with van der Waals surface area (Å²) >= 11 is 1.62. The molecule has 5 nitrogen and oxygen atoms in total. The van der Waals surface area contributed by atoms with Crippen molar-refractivity contribution >= 4 is 33.1 Å². The number of imidazole rings is 1. The van der Waals surface area contributed by atoms with Gasteiger partial charge in [0.15, 0.2) is 0 Å². The number of pyridine rings is 1. The first-order valence-electron chi connectivity index (χ1n) is 7.23. The standard InChI is InChI=1S/C17H14N4OS/c1-20(11-16-19-13-4-2-3-5-14(13)23-16)17(22)12-6-7-15-18-8-9-21(15)10-12/h2-10H,11H2,1H3. The van der Waals surface area contributed by atoms with E-state index in [1.54, 1.807) is 41.7 Å². The van der Waals surface area contributed by atoms with Gasteiger partial charge in [-0.2, -0.15) is 0 Å². The van der Waals surface area contributed by atoms with Crippen LogP contribution in [-0.4, -0.2) is 32.2 Å². The molecule has 0 atom stereocenters. The third kappa shape index (κ3) is 2.57. The number of rotatable bonds is 3. The molecule has 0 unspecified atom stereocenters. The highest BCUT2D eigenvalue weighted by Gasteiger charge is 2.15. The van der Waals surface area contributed by atoms with E-state index in [0.29, 0.717) is 12.1 Å². The van der Waals surface area contributed by atoms with E-state index in [0.717, 1.165) is 20.9 Å². The van der Waals surface area contributed by atoms with E-state index in [-0.39, 0.29) is 5.91 Å². The fourth-order valence-electron chi connectivity index (χ4n) is 2.53. The highest BCUT2D eigenvalue weighted by atomic mass is 32.1. The lowest BCUT2D eigenvalue weighted by atomic mass is 10.2. The van der Waals surface area contributed by atoms with Gasteiger partial charge in [0, 0.05) is 25.6 Å². The molecule has 3 heterocycles. The molecule has 23 heavy (non-hydrogen) atoms. The third-order valence-corrected chi connectivity index (χ3v) is 4.71. The Bertz CT molecular complexity index is 971. The first-order valence-corrected chi connectivity index (χ1v) is 8.05. The number of nitrogens with zero attached hydrogens (tertiary/aromatic N) is 4. The van der Waals surface area contributed by atoms with E-state index < -0.39 is 0 Å². The Hall–Kier alpha value is -2.73. The molecule has 0 saturated carbocycles. The van der Waals surface area contributed by atoms with E-state index >= 15 is 0 Å². The lowest BCUT2D eigenvalue weighted by Crippen LogP contribution is -2.26. The summed E-state index contributed by atoms with van der Waals surface area (Å²) in [5.74, 6) is -0.0279. The molecule has 1 aromatic carbocycles. The number of amides is 1. The molecule has 0 radical (unpaired) electrons. The second-order valence-corrected chi connectivity index (χ2v) is 6.46. The van der Waals surface area contributed by atoms with Crippen LogP contribution in [0.3, 0.4) is 0 Å². The van der Waals surface area contributed by atoms with Crippen LogP contribution in [0.5, 0.6) is 0 Å². The molecule has 1 amide bonds. The molecule has 0 aliphatic heterocycles. The summed E-state index contributed by atoms with van der Waals surface area (Å²) < 4.78 is 2.99. The van der Waals surface area contributed by atoms with Gasteiger partial charge < -0.3 is 9.30 Å². The fraction of sp³-hybridized carbons (Fsp3) is 0.118. The highest BCUT2D eigenvalue weighted by molar-refractivity contribution is 7.18. The monoisotopic (exact) mass is 322 g/mol. The van der Waals surface area contributed by atoms with Crippen LogP contribution >= 0.6 is 11.3 Å². The Kier molecular flexibility index (Phi) is 3.31. The zero-order chi connectivity index (χ0) is 15.8. The normalized spacial score (nSPS) is 11.2. The lowest BCUT2D eigenvalue weighted by Gasteiger charge is -2.15. The first kappa shape index (κ1) is 13.9. The number of para-hydroxylation sites is 1. The number of thiazole rings is 1. The number of carbonyl (C=O) groups is 1. The smallest absolute Gasteiger partial charge is 0.255 e. The van der Waals surface area contributed by atoms with Crippen LogP contribution in [-0.2, 0) is 6.54 Å². The average Bonchev–Trinajstić information content (AvgIpc) is 3.18. The predicted molar refractivity (Wildman–Crippen MR) is 90.6 cm³/mol. The van der Waals surface area contributed by atoms with Crippen LogP contribution in [0.1, 0.15) is 15.4 Å².